The molecule has 3 aromatic carbocycles. The molecule has 5 nitrogen and oxygen atoms in total. The minimum absolute atomic E-state index is 0.0190. The Bertz CT molecular complexity index is 1400. The predicted molar refractivity (Wildman–Crippen MR) is 136 cm³/mol. The molecule has 4 aromatic rings. The standard InChI is InChI=1S/C29H30N2O3/c1-4-31-26-13-12-21(29(33)22-9-6-5-8-19(22)2)18-25(26)23-10-7-11-24(27(23)31)28(32)20(3)30-14-16-34-17-15-30/h5-13,18,20H,4,14-17H2,1-3H3. The number of morpholine rings is 1. The fraction of sp³-hybridized carbons (Fsp3) is 0.310. The van der Waals surface area contributed by atoms with E-state index in [0.29, 0.717) is 18.8 Å². The minimum atomic E-state index is -0.212. The zero-order valence-electron chi connectivity index (χ0n) is 20.0. The maximum Gasteiger partial charge on any atom is 0.193 e. The van der Waals surface area contributed by atoms with Gasteiger partial charge in [0.15, 0.2) is 11.6 Å². The maximum atomic E-state index is 13.7. The van der Waals surface area contributed by atoms with Crippen LogP contribution in [0.2, 0.25) is 0 Å². The lowest BCUT2D eigenvalue weighted by Gasteiger charge is -2.31. The molecule has 2 heterocycles. The lowest BCUT2D eigenvalue weighted by atomic mass is 9.97. The Morgan fingerprint density at radius 3 is 2.41 bits per heavy atom. The Labute approximate surface area is 199 Å². The van der Waals surface area contributed by atoms with Crippen molar-refractivity contribution in [2.24, 2.45) is 0 Å². The number of fused-ring (bicyclic) bond motifs is 3. The van der Waals surface area contributed by atoms with Crippen LogP contribution in [0, 0.1) is 6.92 Å². The van der Waals surface area contributed by atoms with Gasteiger partial charge >= 0.3 is 0 Å². The molecule has 0 saturated carbocycles. The fourth-order valence-electron chi connectivity index (χ4n) is 5.17. The third-order valence-electron chi connectivity index (χ3n) is 7.09. The number of hydrogen-bond acceptors (Lipinski definition) is 4. The topological polar surface area (TPSA) is 51.5 Å². The first-order chi connectivity index (χ1) is 16.5. The van der Waals surface area contributed by atoms with Gasteiger partial charge in [-0.25, -0.2) is 0 Å². The van der Waals surface area contributed by atoms with Crippen molar-refractivity contribution in [1.82, 2.24) is 9.47 Å². The zero-order valence-corrected chi connectivity index (χ0v) is 20.0. The summed E-state index contributed by atoms with van der Waals surface area (Å²) in [5.74, 6) is 0.145. The van der Waals surface area contributed by atoms with Gasteiger partial charge < -0.3 is 9.30 Å². The van der Waals surface area contributed by atoms with Gasteiger partial charge in [-0.2, -0.15) is 0 Å². The lowest BCUT2D eigenvalue weighted by molar-refractivity contribution is 0.0209. The molecule has 1 unspecified atom stereocenters. The molecule has 1 fully saturated rings. The molecule has 5 heteroatoms. The summed E-state index contributed by atoms with van der Waals surface area (Å²) in [5.41, 5.74) is 5.07. The summed E-state index contributed by atoms with van der Waals surface area (Å²) < 4.78 is 7.67. The Kier molecular flexibility index (Phi) is 6.07. The summed E-state index contributed by atoms with van der Waals surface area (Å²) in [7, 11) is 0. The molecule has 174 valence electrons. The van der Waals surface area contributed by atoms with Gasteiger partial charge in [0, 0.05) is 52.6 Å². The minimum Gasteiger partial charge on any atom is -0.379 e. The van der Waals surface area contributed by atoms with Crippen molar-refractivity contribution in [3.8, 4) is 0 Å². The molecular weight excluding hydrogens is 424 g/mol. The number of aromatic nitrogens is 1. The number of Topliss-reactive ketones (excluding diaryl/α,β-unsaturated/α-hetero) is 1. The van der Waals surface area contributed by atoms with E-state index < -0.39 is 0 Å². The number of rotatable bonds is 6. The van der Waals surface area contributed by atoms with Crippen LogP contribution in [0.5, 0.6) is 0 Å². The number of nitrogens with zero attached hydrogens (tertiary/aromatic N) is 2. The SMILES string of the molecule is CCn1c2ccc(C(=O)c3ccccc3C)cc2c2cccc(C(=O)C(C)N3CCOCC3)c21. The average Bonchev–Trinajstić information content (AvgIpc) is 3.21. The summed E-state index contributed by atoms with van der Waals surface area (Å²) in [6, 6.07) is 19.3. The first kappa shape index (κ1) is 22.5. The van der Waals surface area contributed by atoms with Gasteiger partial charge in [0.05, 0.1) is 24.8 Å². The first-order valence-corrected chi connectivity index (χ1v) is 12.0. The van der Waals surface area contributed by atoms with Gasteiger partial charge in [0.25, 0.3) is 0 Å². The van der Waals surface area contributed by atoms with Gasteiger partial charge in [-0.15, -0.1) is 0 Å². The van der Waals surface area contributed by atoms with Crippen molar-refractivity contribution >= 4 is 33.4 Å². The summed E-state index contributed by atoms with van der Waals surface area (Å²) in [6.45, 7) is 9.64. The van der Waals surface area contributed by atoms with Gasteiger partial charge in [0.2, 0.25) is 0 Å². The second-order valence-electron chi connectivity index (χ2n) is 9.01. The van der Waals surface area contributed by atoms with Crippen LogP contribution in [-0.4, -0.2) is 53.4 Å². The van der Waals surface area contributed by atoms with Crippen molar-refractivity contribution in [3.05, 3.63) is 82.9 Å². The Hall–Kier alpha value is -3.28. The number of aryl methyl sites for hydroxylation is 2. The molecule has 1 atom stereocenters. The second kappa shape index (κ2) is 9.16. The molecule has 5 rings (SSSR count). The van der Waals surface area contributed by atoms with E-state index >= 15 is 0 Å². The third-order valence-corrected chi connectivity index (χ3v) is 7.09. The van der Waals surface area contributed by atoms with Crippen LogP contribution >= 0.6 is 0 Å². The van der Waals surface area contributed by atoms with Crippen molar-refractivity contribution in [2.75, 3.05) is 26.3 Å². The van der Waals surface area contributed by atoms with Gasteiger partial charge in [-0.05, 0) is 50.6 Å². The number of para-hydroxylation sites is 1. The van der Waals surface area contributed by atoms with Gasteiger partial charge in [-0.3, -0.25) is 14.5 Å². The van der Waals surface area contributed by atoms with E-state index in [0.717, 1.165) is 58.1 Å². The highest BCUT2D eigenvalue weighted by Crippen LogP contribution is 2.33. The molecule has 1 aliphatic rings. The van der Waals surface area contributed by atoms with Crippen molar-refractivity contribution in [2.45, 2.75) is 33.4 Å². The molecule has 0 radical (unpaired) electrons. The van der Waals surface area contributed by atoms with E-state index in [9.17, 15) is 9.59 Å². The summed E-state index contributed by atoms with van der Waals surface area (Å²) in [6.07, 6.45) is 0. The van der Waals surface area contributed by atoms with Gasteiger partial charge in [0.1, 0.15) is 0 Å². The van der Waals surface area contributed by atoms with Crippen LogP contribution in [0.3, 0.4) is 0 Å². The maximum absolute atomic E-state index is 13.7. The monoisotopic (exact) mass is 454 g/mol. The number of carbonyl (C=O) groups is 2. The Morgan fingerprint density at radius 2 is 1.68 bits per heavy atom. The molecule has 1 aliphatic heterocycles. The van der Waals surface area contributed by atoms with E-state index in [2.05, 4.69) is 22.5 Å². The van der Waals surface area contributed by atoms with Crippen LogP contribution in [0.1, 0.15) is 45.7 Å². The third kappa shape index (κ3) is 3.75. The molecule has 0 amide bonds. The molecule has 1 saturated heterocycles. The first-order valence-electron chi connectivity index (χ1n) is 12.0. The summed E-state index contributed by atoms with van der Waals surface area (Å²) in [5, 5.41) is 2.02. The number of benzene rings is 3. The lowest BCUT2D eigenvalue weighted by Crippen LogP contribution is -2.45. The van der Waals surface area contributed by atoms with Crippen molar-refractivity contribution in [1.29, 1.82) is 0 Å². The zero-order chi connectivity index (χ0) is 23.8. The molecule has 0 bridgehead atoms. The van der Waals surface area contributed by atoms with Gasteiger partial charge in [-0.1, -0.05) is 36.4 Å². The van der Waals surface area contributed by atoms with Crippen LogP contribution in [0.15, 0.2) is 60.7 Å². The van der Waals surface area contributed by atoms with Crippen molar-refractivity contribution in [3.63, 3.8) is 0 Å². The van der Waals surface area contributed by atoms with E-state index in [4.69, 9.17) is 4.74 Å². The van der Waals surface area contributed by atoms with Crippen LogP contribution in [0.25, 0.3) is 21.8 Å². The predicted octanol–water partition coefficient (Wildman–Crippen LogP) is 5.26. The molecule has 1 aromatic heterocycles. The molecule has 34 heavy (non-hydrogen) atoms. The largest absolute Gasteiger partial charge is 0.379 e. The number of ketones is 2. The van der Waals surface area contributed by atoms with Crippen LogP contribution in [-0.2, 0) is 11.3 Å². The Morgan fingerprint density at radius 1 is 0.941 bits per heavy atom. The van der Waals surface area contributed by atoms with Crippen molar-refractivity contribution < 1.29 is 14.3 Å². The molecule has 0 N–H and O–H groups in total. The highest BCUT2D eigenvalue weighted by molar-refractivity contribution is 6.19. The highest BCUT2D eigenvalue weighted by Gasteiger charge is 2.27. The Balaban J connectivity index is 1.63. The average molecular weight is 455 g/mol. The number of carbonyl (C=O) groups excluding carboxylic acids is 2. The van der Waals surface area contributed by atoms with E-state index in [1.807, 2.05) is 68.4 Å². The number of hydrogen-bond donors (Lipinski definition) is 0. The second-order valence-corrected chi connectivity index (χ2v) is 9.01. The summed E-state index contributed by atoms with van der Waals surface area (Å²) >= 11 is 0. The van der Waals surface area contributed by atoms with E-state index in [1.165, 1.54) is 0 Å². The highest BCUT2D eigenvalue weighted by atomic mass is 16.5. The molecular formula is C29H30N2O3. The summed E-state index contributed by atoms with van der Waals surface area (Å²) in [4.78, 5) is 29.1. The quantitative estimate of drug-likeness (QED) is 0.373. The van der Waals surface area contributed by atoms with Crippen LogP contribution in [0.4, 0.5) is 0 Å². The van der Waals surface area contributed by atoms with E-state index in [-0.39, 0.29) is 17.6 Å². The smallest absolute Gasteiger partial charge is 0.193 e. The van der Waals surface area contributed by atoms with E-state index in [1.54, 1.807) is 0 Å². The number of ether oxygens (including phenoxy) is 1. The van der Waals surface area contributed by atoms with Crippen LogP contribution < -0.4 is 0 Å². The normalized spacial score (nSPS) is 15.6. The molecule has 0 aliphatic carbocycles. The fourth-order valence-corrected chi connectivity index (χ4v) is 5.17. The molecule has 0 spiro atoms.